The number of urea groups is 1. The summed E-state index contributed by atoms with van der Waals surface area (Å²) in [5.74, 6) is 1.77. The molecular weight excluding hydrogens is 420 g/mol. The van der Waals surface area contributed by atoms with Gasteiger partial charge in [0.05, 0.1) is 31.4 Å². The molecule has 0 saturated carbocycles. The van der Waals surface area contributed by atoms with Gasteiger partial charge in [-0.15, -0.1) is 0 Å². The second-order valence-corrected chi connectivity index (χ2v) is 7.20. The molecule has 0 bridgehead atoms. The van der Waals surface area contributed by atoms with Crippen LogP contribution in [0.25, 0.3) is 27.6 Å². The van der Waals surface area contributed by atoms with Crippen LogP contribution < -0.4 is 20.1 Å². The minimum absolute atomic E-state index is 0.323. The molecule has 0 saturated heterocycles. The number of rotatable bonds is 5. The third-order valence-electron chi connectivity index (χ3n) is 5.18. The summed E-state index contributed by atoms with van der Waals surface area (Å²) >= 11 is 0. The first-order valence-corrected chi connectivity index (χ1v) is 10.1. The number of hydrogen-bond acceptors (Lipinski definition) is 6. The lowest BCUT2D eigenvalue weighted by molar-refractivity contribution is 0.262. The van der Waals surface area contributed by atoms with Gasteiger partial charge in [0.2, 0.25) is 0 Å². The van der Waals surface area contributed by atoms with E-state index in [1.807, 2.05) is 54.6 Å². The van der Waals surface area contributed by atoms with Crippen molar-refractivity contribution in [3.8, 4) is 17.3 Å². The van der Waals surface area contributed by atoms with Gasteiger partial charge in [0.15, 0.2) is 17.3 Å². The number of nitrogens with one attached hydrogen (secondary N) is 2. The van der Waals surface area contributed by atoms with Crippen LogP contribution in [0.5, 0.6) is 11.5 Å². The molecule has 0 unspecified atom stereocenters. The van der Waals surface area contributed by atoms with E-state index >= 15 is 0 Å². The first-order valence-electron chi connectivity index (χ1n) is 10.1. The normalized spacial score (nSPS) is 10.8. The van der Waals surface area contributed by atoms with E-state index < -0.39 is 0 Å². The number of para-hydroxylation sites is 1. The van der Waals surface area contributed by atoms with Crippen LogP contribution in [0.3, 0.4) is 0 Å². The van der Waals surface area contributed by atoms with Gasteiger partial charge in [0.25, 0.3) is 0 Å². The molecule has 0 radical (unpaired) electrons. The van der Waals surface area contributed by atoms with E-state index in [4.69, 9.17) is 9.47 Å². The van der Waals surface area contributed by atoms with Crippen LogP contribution in [0, 0.1) is 0 Å². The fraction of sp³-hybridized carbons (Fsp3) is 0.0833. The largest absolute Gasteiger partial charge is 0.493 e. The Morgan fingerprint density at radius 3 is 2.42 bits per heavy atom. The first kappa shape index (κ1) is 20.3. The zero-order valence-corrected chi connectivity index (χ0v) is 17.9. The summed E-state index contributed by atoms with van der Waals surface area (Å²) in [6.07, 6.45) is 3.21. The fourth-order valence-corrected chi connectivity index (χ4v) is 3.63. The van der Waals surface area contributed by atoms with Gasteiger partial charge in [0, 0.05) is 28.2 Å². The van der Waals surface area contributed by atoms with E-state index in [1.165, 1.54) is 6.33 Å². The summed E-state index contributed by atoms with van der Waals surface area (Å²) in [6, 6.07) is 18.1. The maximum atomic E-state index is 12.3. The Kier molecular flexibility index (Phi) is 5.19. The van der Waals surface area contributed by atoms with Gasteiger partial charge in [-0.1, -0.05) is 18.2 Å². The summed E-state index contributed by atoms with van der Waals surface area (Å²) in [4.78, 5) is 21.1. The van der Waals surface area contributed by atoms with E-state index in [9.17, 15) is 4.79 Å². The molecule has 0 aliphatic carbocycles. The van der Waals surface area contributed by atoms with E-state index in [2.05, 4.69) is 25.7 Å². The molecule has 2 N–H and O–H groups in total. The van der Waals surface area contributed by atoms with Gasteiger partial charge in [0.1, 0.15) is 6.33 Å². The Labute approximate surface area is 189 Å². The zero-order valence-electron chi connectivity index (χ0n) is 17.9. The molecule has 2 amide bonds. The number of benzene rings is 3. The number of nitrogens with zero attached hydrogens (tertiary/aromatic N) is 4. The standard InChI is InChI=1S/C24H20N6O3/c1-32-21-11-18-19(12-22(21)33-2)25-14-26-23(18)30-20-9-8-17(10-15(20)13-27-30)29-24(31)28-16-6-4-3-5-7-16/h3-14H,1-2H3,(H2,28,29,31). The van der Waals surface area contributed by atoms with Crippen molar-refractivity contribution in [1.29, 1.82) is 0 Å². The van der Waals surface area contributed by atoms with Gasteiger partial charge in [-0.25, -0.2) is 19.4 Å². The average Bonchev–Trinajstić information content (AvgIpc) is 3.26. The minimum Gasteiger partial charge on any atom is -0.493 e. The van der Waals surface area contributed by atoms with E-state index in [-0.39, 0.29) is 6.03 Å². The Morgan fingerprint density at radius 1 is 0.879 bits per heavy atom. The van der Waals surface area contributed by atoms with Gasteiger partial charge in [-0.05, 0) is 36.4 Å². The highest BCUT2D eigenvalue weighted by Crippen LogP contribution is 2.34. The molecule has 0 fully saturated rings. The lowest BCUT2D eigenvalue weighted by Gasteiger charge is -2.11. The molecule has 0 aliphatic heterocycles. The molecule has 2 heterocycles. The quantitative estimate of drug-likeness (QED) is 0.413. The van der Waals surface area contributed by atoms with Gasteiger partial charge in [-0.2, -0.15) is 5.10 Å². The van der Waals surface area contributed by atoms with Crippen molar-refractivity contribution < 1.29 is 14.3 Å². The van der Waals surface area contributed by atoms with Crippen LogP contribution in [-0.4, -0.2) is 40.0 Å². The second kappa shape index (κ2) is 8.46. The van der Waals surface area contributed by atoms with E-state index in [0.717, 1.165) is 16.3 Å². The highest BCUT2D eigenvalue weighted by Gasteiger charge is 2.15. The Bertz CT molecular complexity index is 1470. The summed E-state index contributed by atoms with van der Waals surface area (Å²) in [5, 5.41) is 11.8. The second-order valence-electron chi connectivity index (χ2n) is 7.20. The van der Waals surface area contributed by atoms with Crippen molar-refractivity contribution in [2.45, 2.75) is 0 Å². The van der Waals surface area contributed by atoms with Crippen LogP contribution in [0.1, 0.15) is 0 Å². The number of hydrogen-bond donors (Lipinski definition) is 2. The van der Waals surface area contributed by atoms with Crippen LogP contribution >= 0.6 is 0 Å². The summed E-state index contributed by atoms with van der Waals surface area (Å²) < 4.78 is 12.6. The minimum atomic E-state index is -0.323. The average molecular weight is 440 g/mol. The first-order chi connectivity index (χ1) is 16.2. The van der Waals surface area contributed by atoms with E-state index in [0.29, 0.717) is 34.2 Å². The maximum absolute atomic E-state index is 12.3. The van der Waals surface area contributed by atoms with Crippen LogP contribution in [-0.2, 0) is 0 Å². The molecule has 164 valence electrons. The molecule has 33 heavy (non-hydrogen) atoms. The van der Waals surface area contributed by atoms with E-state index in [1.54, 1.807) is 31.2 Å². The number of carbonyl (C=O) groups is 1. The van der Waals surface area contributed by atoms with Crippen molar-refractivity contribution in [1.82, 2.24) is 19.7 Å². The van der Waals surface area contributed by atoms with Gasteiger partial charge >= 0.3 is 6.03 Å². The zero-order chi connectivity index (χ0) is 22.8. The Morgan fingerprint density at radius 2 is 1.64 bits per heavy atom. The number of fused-ring (bicyclic) bond motifs is 2. The van der Waals surface area contributed by atoms with Crippen molar-refractivity contribution in [3.63, 3.8) is 0 Å². The predicted molar refractivity (Wildman–Crippen MR) is 126 cm³/mol. The molecule has 0 spiro atoms. The predicted octanol–water partition coefficient (Wildman–Crippen LogP) is 4.63. The van der Waals surface area contributed by atoms with Gasteiger partial charge in [-0.3, -0.25) is 0 Å². The Balaban J connectivity index is 1.48. The molecule has 0 atom stereocenters. The van der Waals surface area contributed by atoms with Crippen LogP contribution in [0.2, 0.25) is 0 Å². The molecule has 0 aliphatic rings. The fourth-order valence-electron chi connectivity index (χ4n) is 3.63. The third-order valence-corrected chi connectivity index (χ3v) is 5.18. The number of methoxy groups -OCH3 is 2. The number of aromatic nitrogens is 4. The smallest absolute Gasteiger partial charge is 0.323 e. The lowest BCUT2D eigenvalue weighted by atomic mass is 10.2. The number of anilines is 2. The molecule has 5 rings (SSSR count). The van der Waals surface area contributed by atoms with Gasteiger partial charge < -0.3 is 20.1 Å². The molecule has 2 aromatic heterocycles. The summed E-state index contributed by atoms with van der Waals surface area (Å²) in [7, 11) is 3.16. The maximum Gasteiger partial charge on any atom is 0.323 e. The van der Waals surface area contributed by atoms with Crippen LogP contribution in [0.15, 0.2) is 73.2 Å². The number of carbonyl (C=O) groups excluding carboxylic acids is 1. The van der Waals surface area contributed by atoms with Crippen molar-refractivity contribution >= 4 is 39.2 Å². The molecule has 3 aromatic carbocycles. The molecule has 9 nitrogen and oxygen atoms in total. The topological polar surface area (TPSA) is 103 Å². The highest BCUT2D eigenvalue weighted by atomic mass is 16.5. The molecular formula is C24H20N6O3. The summed E-state index contributed by atoms with van der Waals surface area (Å²) in [6.45, 7) is 0. The summed E-state index contributed by atoms with van der Waals surface area (Å²) in [5.41, 5.74) is 2.90. The highest BCUT2D eigenvalue weighted by molar-refractivity contribution is 6.01. The van der Waals surface area contributed by atoms with Crippen molar-refractivity contribution in [2.75, 3.05) is 24.9 Å². The molecule has 5 aromatic rings. The number of ether oxygens (including phenoxy) is 2. The SMILES string of the molecule is COc1cc2ncnc(-n3ncc4cc(NC(=O)Nc5ccccc5)ccc43)c2cc1OC. The van der Waals surface area contributed by atoms with Crippen molar-refractivity contribution in [3.05, 3.63) is 73.2 Å². The Hall–Kier alpha value is -4.66. The monoisotopic (exact) mass is 440 g/mol. The van der Waals surface area contributed by atoms with Crippen molar-refractivity contribution in [2.24, 2.45) is 0 Å². The molecule has 9 heteroatoms. The number of amides is 2. The lowest BCUT2D eigenvalue weighted by Crippen LogP contribution is -2.19. The third kappa shape index (κ3) is 3.87. The van der Waals surface area contributed by atoms with Crippen LogP contribution in [0.4, 0.5) is 16.2 Å².